The first-order chi connectivity index (χ1) is 16.0. The highest BCUT2D eigenvalue weighted by Crippen LogP contribution is 2.24. The summed E-state index contributed by atoms with van der Waals surface area (Å²) in [6.45, 7) is 4.37. The molecule has 1 aliphatic heterocycles. The highest BCUT2D eigenvalue weighted by atomic mass is 32.2. The Morgan fingerprint density at radius 1 is 1.06 bits per heavy atom. The molecule has 3 N–H and O–H groups in total. The predicted molar refractivity (Wildman–Crippen MR) is 128 cm³/mol. The van der Waals surface area contributed by atoms with Crippen molar-refractivity contribution in [3.8, 4) is 0 Å². The van der Waals surface area contributed by atoms with Crippen molar-refractivity contribution in [2.24, 2.45) is 7.05 Å². The third-order valence-corrected chi connectivity index (χ3v) is 6.83. The van der Waals surface area contributed by atoms with Gasteiger partial charge in [0.2, 0.25) is 5.95 Å². The molecule has 1 saturated heterocycles. The molecule has 0 aliphatic carbocycles. The van der Waals surface area contributed by atoms with Crippen LogP contribution in [0.25, 0.3) is 22.2 Å². The SMILES string of the molecule is Cn1c(=O)[nH]c(=O)c2c1nc(N1CCN(CCO)CC1)n2CCSc1nc2ccccc2[nH]1. The Balaban J connectivity index is 1.44. The molecule has 0 atom stereocenters. The molecule has 0 spiro atoms. The maximum Gasteiger partial charge on any atom is 0.329 e. The zero-order chi connectivity index (χ0) is 22.9. The number of anilines is 1. The van der Waals surface area contributed by atoms with Gasteiger partial charge in [0.05, 0.1) is 17.6 Å². The Labute approximate surface area is 193 Å². The van der Waals surface area contributed by atoms with Gasteiger partial charge in [-0.1, -0.05) is 23.9 Å². The topological polar surface area (TPSA) is 128 Å². The fraction of sp³-hybridized carbons (Fsp3) is 0.429. The van der Waals surface area contributed by atoms with Gasteiger partial charge in [-0.3, -0.25) is 19.2 Å². The summed E-state index contributed by atoms with van der Waals surface area (Å²) in [5.41, 5.74) is 1.77. The molecule has 12 heteroatoms. The van der Waals surface area contributed by atoms with Crippen LogP contribution in [0.4, 0.5) is 5.95 Å². The molecule has 4 heterocycles. The number of hydrogen-bond acceptors (Lipinski definition) is 8. The fourth-order valence-corrected chi connectivity index (χ4v) is 5.03. The lowest BCUT2D eigenvalue weighted by Gasteiger charge is -2.35. The zero-order valence-electron chi connectivity index (χ0n) is 18.3. The van der Waals surface area contributed by atoms with Gasteiger partial charge in [0.15, 0.2) is 16.3 Å². The molecule has 0 saturated carbocycles. The lowest BCUT2D eigenvalue weighted by molar-refractivity contribution is 0.188. The molecule has 0 radical (unpaired) electrons. The van der Waals surface area contributed by atoms with Gasteiger partial charge in [0.1, 0.15) is 0 Å². The average Bonchev–Trinajstić information content (AvgIpc) is 3.40. The number of aryl methyl sites for hydroxylation is 2. The Morgan fingerprint density at radius 3 is 2.61 bits per heavy atom. The Hall–Kier alpha value is -3.09. The van der Waals surface area contributed by atoms with Gasteiger partial charge in [-0.2, -0.15) is 4.98 Å². The van der Waals surface area contributed by atoms with Crippen LogP contribution in [0.5, 0.6) is 0 Å². The molecule has 5 rings (SSSR count). The van der Waals surface area contributed by atoms with Gasteiger partial charge in [0.25, 0.3) is 5.56 Å². The number of hydrogen-bond donors (Lipinski definition) is 3. The Kier molecular flexibility index (Phi) is 5.96. The minimum Gasteiger partial charge on any atom is -0.395 e. The summed E-state index contributed by atoms with van der Waals surface area (Å²) in [6, 6.07) is 7.88. The highest BCUT2D eigenvalue weighted by molar-refractivity contribution is 7.99. The number of piperazine rings is 1. The summed E-state index contributed by atoms with van der Waals surface area (Å²) in [5.74, 6) is 1.36. The molecule has 174 valence electrons. The van der Waals surface area contributed by atoms with Crippen molar-refractivity contribution in [2.75, 3.05) is 50.0 Å². The Bertz CT molecular complexity index is 1360. The summed E-state index contributed by atoms with van der Waals surface area (Å²) in [6.07, 6.45) is 0. The van der Waals surface area contributed by atoms with Gasteiger partial charge < -0.3 is 19.6 Å². The fourth-order valence-electron chi connectivity index (χ4n) is 4.22. The van der Waals surface area contributed by atoms with Crippen LogP contribution >= 0.6 is 11.8 Å². The number of aromatic amines is 2. The number of fused-ring (bicyclic) bond motifs is 2. The Morgan fingerprint density at radius 2 is 1.85 bits per heavy atom. The van der Waals surface area contributed by atoms with Crippen LogP contribution in [-0.2, 0) is 13.6 Å². The lowest BCUT2D eigenvalue weighted by Crippen LogP contribution is -2.48. The van der Waals surface area contributed by atoms with Crippen LogP contribution in [-0.4, -0.2) is 84.2 Å². The van der Waals surface area contributed by atoms with Crippen LogP contribution in [0.2, 0.25) is 0 Å². The van der Waals surface area contributed by atoms with E-state index in [9.17, 15) is 14.7 Å². The third kappa shape index (κ3) is 4.16. The zero-order valence-corrected chi connectivity index (χ0v) is 19.1. The maximum absolute atomic E-state index is 12.7. The monoisotopic (exact) mass is 470 g/mol. The van der Waals surface area contributed by atoms with Crippen LogP contribution in [0.15, 0.2) is 39.0 Å². The second-order valence-corrected chi connectivity index (χ2v) is 9.10. The molecule has 1 aromatic carbocycles. The quantitative estimate of drug-likeness (QED) is 0.327. The number of H-pyrrole nitrogens is 2. The molecule has 33 heavy (non-hydrogen) atoms. The number of aromatic nitrogens is 6. The van der Waals surface area contributed by atoms with E-state index in [2.05, 4.69) is 24.8 Å². The number of benzene rings is 1. The summed E-state index contributed by atoms with van der Waals surface area (Å²) < 4.78 is 3.29. The molecule has 0 unspecified atom stereocenters. The van der Waals surface area contributed by atoms with Gasteiger partial charge >= 0.3 is 5.69 Å². The van der Waals surface area contributed by atoms with Gasteiger partial charge in [-0.25, -0.2) is 9.78 Å². The summed E-state index contributed by atoms with van der Waals surface area (Å²) in [5, 5.41) is 10.0. The highest BCUT2D eigenvalue weighted by Gasteiger charge is 2.24. The maximum atomic E-state index is 12.7. The first-order valence-electron chi connectivity index (χ1n) is 10.9. The summed E-state index contributed by atoms with van der Waals surface area (Å²) in [7, 11) is 1.62. The minimum absolute atomic E-state index is 0.134. The lowest BCUT2D eigenvalue weighted by atomic mass is 10.3. The molecule has 0 bridgehead atoms. The van der Waals surface area contributed by atoms with Crippen LogP contribution < -0.4 is 16.1 Å². The van der Waals surface area contributed by atoms with Gasteiger partial charge in [0, 0.05) is 52.1 Å². The van der Waals surface area contributed by atoms with E-state index in [1.165, 1.54) is 4.57 Å². The largest absolute Gasteiger partial charge is 0.395 e. The number of aliphatic hydroxyl groups excluding tert-OH is 1. The molecule has 1 fully saturated rings. The van der Waals surface area contributed by atoms with Crippen molar-refractivity contribution in [1.29, 1.82) is 0 Å². The number of thioether (sulfide) groups is 1. The predicted octanol–water partition coefficient (Wildman–Crippen LogP) is 0.206. The number of nitrogens with one attached hydrogen (secondary N) is 2. The normalized spacial score (nSPS) is 15.2. The third-order valence-electron chi connectivity index (χ3n) is 5.98. The molecular weight excluding hydrogens is 444 g/mol. The van der Waals surface area contributed by atoms with Crippen molar-refractivity contribution >= 4 is 39.9 Å². The summed E-state index contributed by atoms with van der Waals surface area (Å²) >= 11 is 1.58. The molecular formula is C21H26N8O3S. The van der Waals surface area contributed by atoms with Gasteiger partial charge in [-0.05, 0) is 12.1 Å². The molecule has 1 aliphatic rings. The van der Waals surface area contributed by atoms with Crippen molar-refractivity contribution in [3.63, 3.8) is 0 Å². The van der Waals surface area contributed by atoms with Crippen LogP contribution in [0, 0.1) is 0 Å². The van der Waals surface area contributed by atoms with E-state index in [1.54, 1.807) is 18.8 Å². The van der Waals surface area contributed by atoms with E-state index in [1.807, 2.05) is 28.8 Å². The summed E-state index contributed by atoms with van der Waals surface area (Å²) in [4.78, 5) is 44.3. The van der Waals surface area contributed by atoms with E-state index in [-0.39, 0.29) is 6.61 Å². The number of β-amino-alcohol motifs (C(OH)–C–C–N with tert-alkyl or cyclic N) is 1. The molecule has 3 aromatic heterocycles. The van der Waals surface area contributed by atoms with Crippen molar-refractivity contribution < 1.29 is 5.11 Å². The number of aliphatic hydroxyl groups is 1. The van der Waals surface area contributed by atoms with E-state index in [0.717, 1.165) is 42.4 Å². The number of para-hydroxylation sites is 2. The number of imidazole rings is 2. The second kappa shape index (κ2) is 9.04. The van der Waals surface area contributed by atoms with Crippen LogP contribution in [0.3, 0.4) is 0 Å². The average molecular weight is 471 g/mol. The second-order valence-electron chi connectivity index (χ2n) is 8.01. The van der Waals surface area contributed by atoms with Gasteiger partial charge in [-0.15, -0.1) is 0 Å². The van der Waals surface area contributed by atoms with Crippen molar-refractivity contribution in [3.05, 3.63) is 45.1 Å². The number of nitrogens with zero attached hydrogens (tertiary/aromatic N) is 6. The molecule has 4 aromatic rings. The first kappa shape index (κ1) is 21.7. The number of rotatable bonds is 7. The van der Waals surface area contributed by atoms with Crippen molar-refractivity contribution in [1.82, 2.24) is 34.0 Å². The smallest absolute Gasteiger partial charge is 0.329 e. The van der Waals surface area contributed by atoms with Crippen molar-refractivity contribution in [2.45, 2.75) is 11.7 Å². The molecule has 11 nitrogen and oxygen atoms in total. The van der Waals surface area contributed by atoms with E-state index >= 15 is 0 Å². The minimum atomic E-state index is -0.479. The molecule has 0 amide bonds. The standard InChI is InChI=1S/C21H26N8O3S/c1-26-17-16(18(31)25-21(26)32)29(20(24-17)28-8-6-27(7-9-28)10-12-30)11-13-33-19-22-14-4-2-3-5-15(14)23-19/h2-5,30H,6-13H2,1H3,(H,22,23)(H,25,31,32). The van der Waals surface area contributed by atoms with E-state index in [0.29, 0.717) is 36.0 Å². The van der Waals surface area contributed by atoms with E-state index < -0.39 is 11.2 Å². The van der Waals surface area contributed by atoms with E-state index in [4.69, 9.17) is 4.98 Å². The first-order valence-corrected chi connectivity index (χ1v) is 11.9. The van der Waals surface area contributed by atoms with Crippen LogP contribution in [0.1, 0.15) is 0 Å².